The van der Waals surface area contributed by atoms with E-state index >= 15 is 0 Å². The number of carbonyl (C=O) groups is 1. The SMILES string of the molecule is Cc1cc(NC(=O)c2cc(F)c(Cl)nc2Cl)n(-c2ccc(F)cc2)n1. The van der Waals surface area contributed by atoms with Crippen LogP contribution in [-0.4, -0.2) is 20.7 Å². The molecule has 0 atom stereocenters. The Balaban J connectivity index is 1.95. The number of aromatic nitrogens is 3. The van der Waals surface area contributed by atoms with Gasteiger partial charge >= 0.3 is 0 Å². The molecule has 25 heavy (non-hydrogen) atoms. The number of pyridine rings is 1. The number of hydrogen-bond donors (Lipinski definition) is 1. The van der Waals surface area contributed by atoms with Crippen LogP contribution in [0.5, 0.6) is 0 Å². The predicted octanol–water partition coefficient (Wildman–Crippen LogP) is 4.41. The van der Waals surface area contributed by atoms with E-state index in [9.17, 15) is 13.6 Å². The van der Waals surface area contributed by atoms with Crippen molar-refractivity contribution in [2.75, 3.05) is 5.32 Å². The highest BCUT2D eigenvalue weighted by Crippen LogP contribution is 2.23. The summed E-state index contributed by atoms with van der Waals surface area (Å²) >= 11 is 11.4. The summed E-state index contributed by atoms with van der Waals surface area (Å²) in [6.45, 7) is 1.73. The number of benzene rings is 1. The minimum atomic E-state index is -0.862. The predicted molar refractivity (Wildman–Crippen MR) is 90.4 cm³/mol. The number of halogens is 4. The Morgan fingerprint density at radius 3 is 2.48 bits per heavy atom. The van der Waals surface area contributed by atoms with Gasteiger partial charge in [-0.3, -0.25) is 4.79 Å². The van der Waals surface area contributed by atoms with Crippen LogP contribution in [0.25, 0.3) is 5.69 Å². The number of nitrogens with zero attached hydrogens (tertiary/aromatic N) is 3. The molecule has 1 aromatic carbocycles. The van der Waals surface area contributed by atoms with E-state index in [1.54, 1.807) is 13.0 Å². The Kier molecular flexibility index (Phi) is 4.69. The van der Waals surface area contributed by atoms with Crippen LogP contribution < -0.4 is 5.32 Å². The molecule has 3 rings (SSSR count). The highest BCUT2D eigenvalue weighted by molar-refractivity contribution is 6.35. The van der Waals surface area contributed by atoms with E-state index < -0.39 is 22.7 Å². The minimum Gasteiger partial charge on any atom is -0.306 e. The maximum atomic E-state index is 13.6. The summed E-state index contributed by atoms with van der Waals surface area (Å²) in [7, 11) is 0. The Hall–Kier alpha value is -2.51. The summed E-state index contributed by atoms with van der Waals surface area (Å²) in [4.78, 5) is 16.0. The molecule has 128 valence electrons. The molecule has 0 fully saturated rings. The van der Waals surface area contributed by atoms with Gasteiger partial charge in [0.2, 0.25) is 0 Å². The molecule has 3 aromatic rings. The average molecular weight is 383 g/mol. The number of anilines is 1. The molecule has 1 amide bonds. The van der Waals surface area contributed by atoms with Crippen LogP contribution in [0.15, 0.2) is 36.4 Å². The first kappa shape index (κ1) is 17.3. The fourth-order valence-corrected chi connectivity index (χ4v) is 2.56. The molecular weight excluding hydrogens is 373 g/mol. The van der Waals surface area contributed by atoms with Gasteiger partial charge in [0.25, 0.3) is 5.91 Å². The molecule has 5 nitrogen and oxygen atoms in total. The van der Waals surface area contributed by atoms with Gasteiger partial charge in [0, 0.05) is 6.07 Å². The summed E-state index contributed by atoms with van der Waals surface area (Å²) in [5.74, 6) is -1.64. The lowest BCUT2D eigenvalue weighted by atomic mass is 10.2. The lowest BCUT2D eigenvalue weighted by Gasteiger charge is -2.10. The van der Waals surface area contributed by atoms with E-state index in [0.717, 1.165) is 6.07 Å². The van der Waals surface area contributed by atoms with Crippen LogP contribution in [0.2, 0.25) is 10.3 Å². The second-order valence-electron chi connectivity index (χ2n) is 5.11. The molecular formula is C16H10Cl2F2N4O. The van der Waals surface area contributed by atoms with E-state index in [1.165, 1.54) is 28.9 Å². The van der Waals surface area contributed by atoms with E-state index in [-0.39, 0.29) is 10.7 Å². The summed E-state index contributed by atoms with van der Waals surface area (Å²) in [5.41, 5.74) is 0.982. The van der Waals surface area contributed by atoms with Crippen molar-refractivity contribution in [3.8, 4) is 5.69 Å². The summed E-state index contributed by atoms with van der Waals surface area (Å²) in [5, 5.41) is 6.18. The van der Waals surface area contributed by atoms with Crippen molar-refractivity contribution in [3.05, 3.63) is 69.6 Å². The average Bonchev–Trinajstić information content (AvgIpc) is 2.92. The first-order valence-electron chi connectivity index (χ1n) is 7.00. The van der Waals surface area contributed by atoms with Crippen molar-refractivity contribution >= 4 is 34.9 Å². The van der Waals surface area contributed by atoms with Crippen molar-refractivity contribution in [2.45, 2.75) is 6.92 Å². The van der Waals surface area contributed by atoms with Crippen LogP contribution in [0.4, 0.5) is 14.6 Å². The third-order valence-electron chi connectivity index (χ3n) is 3.28. The molecule has 0 aliphatic carbocycles. The van der Waals surface area contributed by atoms with Crippen LogP contribution in [0, 0.1) is 18.6 Å². The topological polar surface area (TPSA) is 59.8 Å². The number of nitrogens with one attached hydrogen (secondary N) is 1. The van der Waals surface area contributed by atoms with E-state index in [4.69, 9.17) is 23.2 Å². The van der Waals surface area contributed by atoms with Gasteiger partial charge in [0.15, 0.2) is 11.0 Å². The molecule has 0 saturated carbocycles. The van der Waals surface area contributed by atoms with E-state index in [1.807, 2.05) is 0 Å². The highest BCUT2D eigenvalue weighted by atomic mass is 35.5. The zero-order chi connectivity index (χ0) is 18.1. The van der Waals surface area contributed by atoms with Gasteiger partial charge in [-0.05, 0) is 37.3 Å². The van der Waals surface area contributed by atoms with Crippen molar-refractivity contribution in [3.63, 3.8) is 0 Å². The van der Waals surface area contributed by atoms with Gasteiger partial charge < -0.3 is 5.32 Å². The third kappa shape index (κ3) is 3.62. The Labute approximate surface area is 151 Å². The van der Waals surface area contributed by atoms with Crippen LogP contribution >= 0.6 is 23.2 Å². The van der Waals surface area contributed by atoms with E-state index in [2.05, 4.69) is 15.4 Å². The smallest absolute Gasteiger partial charge is 0.260 e. The second-order valence-corrected chi connectivity index (χ2v) is 5.83. The normalized spacial score (nSPS) is 10.8. The molecule has 0 saturated heterocycles. The zero-order valence-corrected chi connectivity index (χ0v) is 14.2. The molecule has 0 spiro atoms. The quantitative estimate of drug-likeness (QED) is 0.682. The molecule has 2 heterocycles. The first-order valence-corrected chi connectivity index (χ1v) is 7.76. The molecule has 0 unspecified atom stereocenters. The number of aryl methyl sites for hydroxylation is 1. The third-order valence-corrected chi connectivity index (χ3v) is 3.83. The maximum Gasteiger partial charge on any atom is 0.260 e. The van der Waals surface area contributed by atoms with Gasteiger partial charge in [-0.2, -0.15) is 5.10 Å². The fourth-order valence-electron chi connectivity index (χ4n) is 2.16. The Morgan fingerprint density at radius 1 is 1.12 bits per heavy atom. The molecule has 2 aromatic heterocycles. The van der Waals surface area contributed by atoms with Gasteiger partial charge in [0.05, 0.1) is 16.9 Å². The summed E-state index contributed by atoms with van der Waals surface area (Å²) < 4.78 is 28.1. The maximum absolute atomic E-state index is 13.6. The number of amides is 1. The lowest BCUT2D eigenvalue weighted by Crippen LogP contribution is -2.16. The van der Waals surface area contributed by atoms with E-state index in [0.29, 0.717) is 17.2 Å². The van der Waals surface area contributed by atoms with Crippen molar-refractivity contribution in [1.82, 2.24) is 14.8 Å². The minimum absolute atomic E-state index is 0.173. The van der Waals surface area contributed by atoms with Crippen LogP contribution in [0.3, 0.4) is 0 Å². The Bertz CT molecular complexity index is 958. The fraction of sp³-hybridized carbons (Fsp3) is 0.0625. The lowest BCUT2D eigenvalue weighted by molar-refractivity contribution is 0.102. The standard InChI is InChI=1S/C16H10Cl2F2N4O/c1-8-6-13(24(23-8)10-4-2-9(19)3-5-10)21-16(25)11-7-12(20)15(18)22-14(11)17/h2-7H,1H3,(H,21,25). The number of hydrogen-bond acceptors (Lipinski definition) is 3. The zero-order valence-electron chi connectivity index (χ0n) is 12.7. The van der Waals surface area contributed by atoms with Crippen molar-refractivity contribution in [1.29, 1.82) is 0 Å². The molecule has 1 N–H and O–H groups in total. The largest absolute Gasteiger partial charge is 0.306 e. The summed E-state index contributed by atoms with van der Waals surface area (Å²) in [6.07, 6.45) is 0. The summed E-state index contributed by atoms with van der Waals surface area (Å²) in [6, 6.07) is 8.07. The van der Waals surface area contributed by atoms with Gasteiger partial charge in [0.1, 0.15) is 16.8 Å². The van der Waals surface area contributed by atoms with Gasteiger partial charge in [-0.25, -0.2) is 18.4 Å². The molecule has 0 aliphatic heterocycles. The molecule has 0 aliphatic rings. The monoisotopic (exact) mass is 382 g/mol. The van der Waals surface area contributed by atoms with Crippen LogP contribution in [-0.2, 0) is 0 Å². The van der Waals surface area contributed by atoms with Crippen molar-refractivity contribution in [2.24, 2.45) is 0 Å². The molecule has 0 radical (unpaired) electrons. The second kappa shape index (κ2) is 6.78. The molecule has 0 bridgehead atoms. The first-order chi connectivity index (χ1) is 11.8. The van der Waals surface area contributed by atoms with Crippen LogP contribution in [0.1, 0.15) is 16.1 Å². The number of rotatable bonds is 3. The Morgan fingerprint density at radius 2 is 1.80 bits per heavy atom. The van der Waals surface area contributed by atoms with Gasteiger partial charge in [-0.1, -0.05) is 23.2 Å². The van der Waals surface area contributed by atoms with Gasteiger partial charge in [-0.15, -0.1) is 0 Å². The van der Waals surface area contributed by atoms with Crippen molar-refractivity contribution < 1.29 is 13.6 Å². The molecule has 9 heteroatoms. The number of carbonyl (C=O) groups excluding carboxylic acids is 1. The highest BCUT2D eigenvalue weighted by Gasteiger charge is 2.18.